The standard InChI is InChI=1S/C17H18N2O2/c1-14(15-8-4-2-5-9-15)12-18-19-17(20)13-21-16-10-6-3-7-11-16/h2-12,14H,13H2,1H3,(H,19,20)/b18-12+/t14-/m1/s1. The quantitative estimate of drug-likeness (QED) is 0.654. The number of hydrogen-bond acceptors (Lipinski definition) is 3. The van der Waals surface area contributed by atoms with Gasteiger partial charge in [0.15, 0.2) is 6.61 Å². The van der Waals surface area contributed by atoms with E-state index >= 15 is 0 Å². The lowest BCUT2D eigenvalue weighted by Gasteiger charge is -2.06. The van der Waals surface area contributed by atoms with Gasteiger partial charge in [0, 0.05) is 12.1 Å². The Hall–Kier alpha value is -2.62. The Balaban J connectivity index is 1.75. The Kier molecular flexibility index (Phi) is 5.52. The van der Waals surface area contributed by atoms with Gasteiger partial charge in [-0.05, 0) is 17.7 Å². The first-order valence-corrected chi connectivity index (χ1v) is 6.80. The van der Waals surface area contributed by atoms with Gasteiger partial charge in [0.2, 0.25) is 0 Å². The van der Waals surface area contributed by atoms with Gasteiger partial charge >= 0.3 is 0 Å². The third-order valence-electron chi connectivity index (χ3n) is 2.93. The van der Waals surface area contributed by atoms with Crippen LogP contribution in [0.5, 0.6) is 5.75 Å². The molecule has 1 N–H and O–H groups in total. The minimum atomic E-state index is -0.282. The van der Waals surface area contributed by atoms with E-state index < -0.39 is 0 Å². The number of carbonyl (C=O) groups excluding carboxylic acids is 1. The normalized spacial score (nSPS) is 12.0. The van der Waals surface area contributed by atoms with Gasteiger partial charge in [-0.3, -0.25) is 4.79 Å². The largest absolute Gasteiger partial charge is 0.484 e. The molecule has 0 bridgehead atoms. The Morgan fingerprint density at radius 1 is 1.14 bits per heavy atom. The molecule has 2 aromatic carbocycles. The molecule has 1 atom stereocenters. The van der Waals surface area contributed by atoms with Crippen LogP contribution in [-0.4, -0.2) is 18.7 Å². The molecule has 0 unspecified atom stereocenters. The molecule has 0 aliphatic carbocycles. The van der Waals surface area contributed by atoms with Crippen LogP contribution >= 0.6 is 0 Å². The van der Waals surface area contributed by atoms with Gasteiger partial charge < -0.3 is 4.74 Å². The molecule has 0 radical (unpaired) electrons. The number of benzene rings is 2. The van der Waals surface area contributed by atoms with Crippen molar-refractivity contribution in [3.63, 3.8) is 0 Å². The molecule has 0 aromatic heterocycles. The number of hydrazone groups is 1. The summed E-state index contributed by atoms with van der Waals surface area (Å²) in [5.74, 6) is 0.520. The SMILES string of the molecule is C[C@H](/C=N/NC(=O)COc1ccccc1)c1ccccc1. The Bertz CT molecular complexity index is 582. The van der Waals surface area contributed by atoms with Crippen molar-refractivity contribution in [3.05, 3.63) is 66.2 Å². The predicted octanol–water partition coefficient (Wildman–Crippen LogP) is 2.97. The highest BCUT2D eigenvalue weighted by Crippen LogP contribution is 2.11. The second kappa shape index (κ2) is 7.85. The first kappa shape index (κ1) is 14.8. The number of carbonyl (C=O) groups is 1. The monoisotopic (exact) mass is 282 g/mol. The van der Waals surface area contributed by atoms with E-state index in [4.69, 9.17) is 4.74 Å². The van der Waals surface area contributed by atoms with E-state index in [1.807, 2.05) is 55.5 Å². The van der Waals surface area contributed by atoms with Crippen LogP contribution in [0.25, 0.3) is 0 Å². The molecule has 0 spiro atoms. The van der Waals surface area contributed by atoms with Crippen LogP contribution in [0.2, 0.25) is 0 Å². The summed E-state index contributed by atoms with van der Waals surface area (Å²) in [7, 11) is 0. The number of para-hydroxylation sites is 1. The number of ether oxygens (including phenoxy) is 1. The molecule has 2 aromatic rings. The lowest BCUT2D eigenvalue weighted by atomic mass is 10.0. The number of hydrogen-bond donors (Lipinski definition) is 1. The zero-order chi connectivity index (χ0) is 14.9. The fourth-order valence-electron chi connectivity index (χ4n) is 1.76. The zero-order valence-electron chi connectivity index (χ0n) is 11.9. The van der Waals surface area contributed by atoms with E-state index in [0.29, 0.717) is 5.75 Å². The maximum atomic E-state index is 11.6. The minimum Gasteiger partial charge on any atom is -0.484 e. The van der Waals surface area contributed by atoms with Crippen molar-refractivity contribution in [1.29, 1.82) is 0 Å². The van der Waals surface area contributed by atoms with Crippen molar-refractivity contribution in [2.24, 2.45) is 5.10 Å². The van der Waals surface area contributed by atoms with E-state index in [1.165, 1.54) is 0 Å². The van der Waals surface area contributed by atoms with Gasteiger partial charge in [-0.15, -0.1) is 0 Å². The maximum absolute atomic E-state index is 11.6. The van der Waals surface area contributed by atoms with Crippen LogP contribution in [0.4, 0.5) is 0 Å². The van der Waals surface area contributed by atoms with Gasteiger partial charge in [-0.25, -0.2) is 5.43 Å². The molecule has 2 rings (SSSR count). The van der Waals surface area contributed by atoms with E-state index in [-0.39, 0.29) is 18.4 Å². The smallest absolute Gasteiger partial charge is 0.277 e. The summed E-state index contributed by atoms with van der Waals surface area (Å²) in [6, 6.07) is 19.2. The van der Waals surface area contributed by atoms with E-state index in [2.05, 4.69) is 10.5 Å². The third kappa shape index (κ3) is 5.10. The summed E-state index contributed by atoms with van der Waals surface area (Å²) < 4.78 is 5.32. The number of amides is 1. The van der Waals surface area contributed by atoms with Crippen molar-refractivity contribution < 1.29 is 9.53 Å². The maximum Gasteiger partial charge on any atom is 0.277 e. The lowest BCUT2D eigenvalue weighted by Crippen LogP contribution is -2.24. The van der Waals surface area contributed by atoms with Crippen molar-refractivity contribution in [1.82, 2.24) is 5.43 Å². The molecule has 0 heterocycles. The summed E-state index contributed by atoms with van der Waals surface area (Å²) in [5, 5.41) is 3.96. The van der Waals surface area contributed by atoms with E-state index in [0.717, 1.165) is 5.56 Å². The number of nitrogens with zero attached hydrogens (tertiary/aromatic N) is 1. The summed E-state index contributed by atoms with van der Waals surface area (Å²) in [6.07, 6.45) is 1.70. The predicted molar refractivity (Wildman–Crippen MR) is 83.4 cm³/mol. The molecule has 0 aliphatic heterocycles. The highest BCUT2D eigenvalue weighted by molar-refractivity contribution is 5.78. The van der Waals surface area contributed by atoms with Crippen LogP contribution < -0.4 is 10.2 Å². The Morgan fingerprint density at radius 3 is 2.43 bits per heavy atom. The average Bonchev–Trinajstić information content (AvgIpc) is 2.54. The second-order valence-electron chi connectivity index (χ2n) is 4.61. The molecule has 4 heteroatoms. The molecule has 108 valence electrons. The van der Waals surface area contributed by atoms with Crippen LogP contribution in [0, 0.1) is 0 Å². The highest BCUT2D eigenvalue weighted by atomic mass is 16.5. The summed E-state index contributed by atoms with van der Waals surface area (Å²) in [6.45, 7) is 1.96. The van der Waals surface area contributed by atoms with Crippen molar-refractivity contribution >= 4 is 12.1 Å². The first-order chi connectivity index (χ1) is 10.3. The van der Waals surface area contributed by atoms with Crippen molar-refractivity contribution in [3.8, 4) is 5.75 Å². The van der Waals surface area contributed by atoms with E-state index in [1.54, 1.807) is 18.3 Å². The van der Waals surface area contributed by atoms with Crippen LogP contribution in [0.3, 0.4) is 0 Å². The third-order valence-corrected chi connectivity index (χ3v) is 2.93. The zero-order valence-corrected chi connectivity index (χ0v) is 11.9. The first-order valence-electron chi connectivity index (χ1n) is 6.80. The topological polar surface area (TPSA) is 50.7 Å². The number of rotatable bonds is 6. The summed E-state index contributed by atoms with van der Waals surface area (Å²) in [4.78, 5) is 11.6. The van der Waals surface area contributed by atoms with E-state index in [9.17, 15) is 4.79 Å². The van der Waals surface area contributed by atoms with Gasteiger partial charge in [0.05, 0.1) is 0 Å². The average molecular weight is 282 g/mol. The van der Waals surface area contributed by atoms with Gasteiger partial charge in [-0.2, -0.15) is 5.10 Å². The van der Waals surface area contributed by atoms with Crippen LogP contribution in [-0.2, 0) is 4.79 Å². The van der Waals surface area contributed by atoms with Crippen LogP contribution in [0.1, 0.15) is 18.4 Å². The van der Waals surface area contributed by atoms with Crippen molar-refractivity contribution in [2.45, 2.75) is 12.8 Å². The summed E-state index contributed by atoms with van der Waals surface area (Å²) in [5.41, 5.74) is 3.61. The molecular weight excluding hydrogens is 264 g/mol. The Morgan fingerprint density at radius 2 is 1.76 bits per heavy atom. The van der Waals surface area contributed by atoms with Gasteiger partial charge in [0.1, 0.15) is 5.75 Å². The molecule has 0 saturated heterocycles. The lowest BCUT2D eigenvalue weighted by molar-refractivity contribution is -0.123. The Labute approximate surface area is 124 Å². The van der Waals surface area contributed by atoms with Crippen molar-refractivity contribution in [2.75, 3.05) is 6.61 Å². The number of nitrogens with one attached hydrogen (secondary N) is 1. The second-order valence-corrected chi connectivity index (χ2v) is 4.61. The molecular formula is C17H18N2O2. The van der Waals surface area contributed by atoms with Crippen LogP contribution in [0.15, 0.2) is 65.8 Å². The molecule has 0 fully saturated rings. The minimum absolute atomic E-state index is 0.0545. The highest BCUT2D eigenvalue weighted by Gasteiger charge is 2.03. The molecule has 1 amide bonds. The fraction of sp³-hybridized carbons (Fsp3) is 0.176. The fourth-order valence-corrected chi connectivity index (χ4v) is 1.76. The summed E-state index contributed by atoms with van der Waals surface area (Å²) >= 11 is 0. The molecule has 0 aliphatic rings. The molecule has 4 nitrogen and oxygen atoms in total. The van der Waals surface area contributed by atoms with Gasteiger partial charge in [0.25, 0.3) is 5.91 Å². The molecule has 21 heavy (non-hydrogen) atoms. The van der Waals surface area contributed by atoms with Gasteiger partial charge in [-0.1, -0.05) is 55.5 Å². The molecule has 0 saturated carbocycles.